The van der Waals surface area contributed by atoms with Crippen molar-refractivity contribution in [3.05, 3.63) is 18.5 Å². The quantitative estimate of drug-likeness (QED) is 0.814. The summed E-state index contributed by atoms with van der Waals surface area (Å²) in [5.74, 6) is 2.10. The van der Waals surface area contributed by atoms with Gasteiger partial charge in [0.15, 0.2) is 0 Å². The van der Waals surface area contributed by atoms with Gasteiger partial charge in [-0.05, 0) is 56.6 Å². The average molecular weight is 386 g/mol. The Hall–Kier alpha value is -1.40. The Morgan fingerprint density at radius 2 is 1.96 bits per heavy atom. The van der Waals surface area contributed by atoms with Gasteiger partial charge >= 0.3 is 0 Å². The number of amides is 1. The zero-order valence-corrected chi connectivity index (χ0v) is 17.0. The first-order valence-corrected chi connectivity index (χ1v) is 11.5. The van der Waals surface area contributed by atoms with Crippen molar-refractivity contribution in [1.29, 1.82) is 0 Å². The molecular formula is C22H35N5O. The Kier molecular flexibility index (Phi) is 5.42. The highest BCUT2D eigenvalue weighted by Gasteiger charge is 2.47. The second-order valence-corrected chi connectivity index (χ2v) is 9.53. The summed E-state index contributed by atoms with van der Waals surface area (Å²) in [5.41, 5.74) is 0. The van der Waals surface area contributed by atoms with E-state index in [0.717, 1.165) is 44.4 Å². The number of carbonyl (C=O) groups excluding carboxylic acids is 1. The fraction of sp³-hybridized carbons (Fsp3) is 0.818. The van der Waals surface area contributed by atoms with E-state index in [1.807, 2.05) is 16.9 Å². The summed E-state index contributed by atoms with van der Waals surface area (Å²) < 4.78 is 2.05. The smallest absolute Gasteiger partial charge is 0.223 e. The average Bonchev–Trinajstić information content (AvgIpc) is 3.18. The number of hydrogen-bond acceptors (Lipinski definition) is 4. The third-order valence-corrected chi connectivity index (χ3v) is 7.86. The molecule has 4 atom stereocenters. The molecule has 1 aromatic heterocycles. The van der Waals surface area contributed by atoms with Crippen molar-refractivity contribution in [1.82, 2.24) is 24.9 Å². The third-order valence-electron chi connectivity index (χ3n) is 7.86. The van der Waals surface area contributed by atoms with E-state index in [0.29, 0.717) is 23.8 Å². The topological polar surface area (TPSA) is 53.4 Å². The van der Waals surface area contributed by atoms with E-state index in [1.165, 1.54) is 51.7 Å². The Labute approximate surface area is 168 Å². The van der Waals surface area contributed by atoms with Gasteiger partial charge in [-0.25, -0.2) is 0 Å². The van der Waals surface area contributed by atoms with Crippen LogP contribution in [0.5, 0.6) is 0 Å². The number of nitrogens with one attached hydrogen (secondary N) is 1. The van der Waals surface area contributed by atoms with Crippen LogP contribution < -0.4 is 5.32 Å². The molecule has 6 heteroatoms. The van der Waals surface area contributed by atoms with Crippen LogP contribution in [0.4, 0.5) is 0 Å². The van der Waals surface area contributed by atoms with Crippen LogP contribution >= 0.6 is 0 Å². The molecule has 1 aliphatic carbocycles. The molecule has 4 aliphatic rings. The molecule has 4 fully saturated rings. The van der Waals surface area contributed by atoms with Crippen LogP contribution in [0.1, 0.15) is 44.9 Å². The fourth-order valence-electron chi connectivity index (χ4n) is 6.16. The van der Waals surface area contributed by atoms with Crippen molar-refractivity contribution in [2.75, 3.05) is 32.7 Å². The lowest BCUT2D eigenvalue weighted by Gasteiger charge is -2.57. The Balaban J connectivity index is 1.24. The van der Waals surface area contributed by atoms with E-state index in [1.54, 1.807) is 0 Å². The number of nitrogens with zero attached hydrogens (tertiary/aromatic N) is 4. The van der Waals surface area contributed by atoms with Crippen molar-refractivity contribution in [3.8, 4) is 0 Å². The zero-order chi connectivity index (χ0) is 18.9. The van der Waals surface area contributed by atoms with Crippen molar-refractivity contribution in [2.45, 2.75) is 63.6 Å². The summed E-state index contributed by atoms with van der Waals surface area (Å²) in [7, 11) is 0. The molecule has 5 rings (SSSR count). The van der Waals surface area contributed by atoms with Gasteiger partial charge in [-0.2, -0.15) is 5.10 Å². The first-order valence-electron chi connectivity index (χ1n) is 11.5. The predicted molar refractivity (Wildman–Crippen MR) is 109 cm³/mol. The number of likely N-dealkylation sites (tertiary alicyclic amines) is 1. The Morgan fingerprint density at radius 1 is 1.07 bits per heavy atom. The van der Waals surface area contributed by atoms with Crippen LogP contribution in [-0.4, -0.2) is 70.3 Å². The molecule has 28 heavy (non-hydrogen) atoms. The first kappa shape index (κ1) is 18.6. The molecule has 3 saturated heterocycles. The zero-order valence-electron chi connectivity index (χ0n) is 17.0. The van der Waals surface area contributed by atoms with E-state index < -0.39 is 0 Å². The minimum atomic E-state index is 0.297. The molecule has 4 heterocycles. The van der Waals surface area contributed by atoms with Crippen LogP contribution in [-0.2, 0) is 11.3 Å². The standard InChI is InChI=1S/C22H35N5O/c28-22(17-5-3-6-17)23-14-21-19-13-18(20-7-1-2-10-27(20)21)15-25(16-19)11-12-26-9-4-8-24-26/h4,8-9,17-21H,1-3,5-7,10-16H2,(H,23,28)/t18-,19+,20+,21+/m1/s1. The summed E-state index contributed by atoms with van der Waals surface area (Å²) in [6, 6.07) is 3.26. The van der Waals surface area contributed by atoms with Gasteiger partial charge in [0.1, 0.15) is 0 Å². The lowest BCUT2D eigenvalue weighted by atomic mass is 9.72. The van der Waals surface area contributed by atoms with Crippen LogP contribution in [0.25, 0.3) is 0 Å². The molecule has 3 aliphatic heterocycles. The van der Waals surface area contributed by atoms with Crippen LogP contribution in [0, 0.1) is 17.8 Å². The van der Waals surface area contributed by atoms with Gasteiger partial charge in [-0.3, -0.25) is 14.4 Å². The second kappa shape index (κ2) is 8.15. The normalized spacial score (nSPS) is 33.9. The summed E-state index contributed by atoms with van der Waals surface area (Å²) in [6.07, 6.45) is 12.7. The molecule has 1 aromatic rings. The lowest BCUT2D eigenvalue weighted by Crippen LogP contribution is -2.66. The summed E-state index contributed by atoms with van der Waals surface area (Å²) in [6.45, 7) is 6.56. The molecular weight excluding hydrogens is 350 g/mol. The number of hydrogen-bond donors (Lipinski definition) is 1. The molecule has 1 saturated carbocycles. The van der Waals surface area contributed by atoms with Crippen LogP contribution in [0.3, 0.4) is 0 Å². The second-order valence-electron chi connectivity index (χ2n) is 9.53. The van der Waals surface area contributed by atoms with E-state index in [2.05, 4.69) is 26.4 Å². The molecule has 0 aromatic carbocycles. The van der Waals surface area contributed by atoms with E-state index in [4.69, 9.17) is 0 Å². The van der Waals surface area contributed by atoms with Crippen molar-refractivity contribution in [3.63, 3.8) is 0 Å². The molecule has 1 N–H and O–H groups in total. The molecule has 2 bridgehead atoms. The maximum Gasteiger partial charge on any atom is 0.223 e. The largest absolute Gasteiger partial charge is 0.354 e. The minimum absolute atomic E-state index is 0.297. The lowest BCUT2D eigenvalue weighted by molar-refractivity contribution is -0.128. The van der Waals surface area contributed by atoms with Gasteiger partial charge in [-0.15, -0.1) is 0 Å². The molecule has 1 amide bonds. The predicted octanol–water partition coefficient (Wildman–Crippen LogP) is 1.97. The Morgan fingerprint density at radius 3 is 2.75 bits per heavy atom. The van der Waals surface area contributed by atoms with Crippen LogP contribution in [0.2, 0.25) is 0 Å². The summed E-state index contributed by atoms with van der Waals surface area (Å²) in [5, 5.41) is 7.71. The highest BCUT2D eigenvalue weighted by Crippen LogP contribution is 2.41. The molecule has 0 spiro atoms. The van der Waals surface area contributed by atoms with Crippen molar-refractivity contribution >= 4 is 5.91 Å². The van der Waals surface area contributed by atoms with E-state index in [9.17, 15) is 4.79 Å². The number of aromatic nitrogens is 2. The minimum Gasteiger partial charge on any atom is -0.354 e. The Bertz CT molecular complexity index is 658. The maximum atomic E-state index is 12.4. The van der Waals surface area contributed by atoms with Crippen molar-refractivity contribution < 1.29 is 4.79 Å². The van der Waals surface area contributed by atoms with Gasteiger partial charge in [0.05, 0.1) is 6.54 Å². The van der Waals surface area contributed by atoms with Gasteiger partial charge in [0.2, 0.25) is 5.91 Å². The van der Waals surface area contributed by atoms with E-state index >= 15 is 0 Å². The van der Waals surface area contributed by atoms with Gasteiger partial charge in [0.25, 0.3) is 0 Å². The van der Waals surface area contributed by atoms with Gasteiger partial charge < -0.3 is 10.2 Å². The van der Waals surface area contributed by atoms with Crippen molar-refractivity contribution in [2.24, 2.45) is 17.8 Å². The third kappa shape index (κ3) is 3.73. The van der Waals surface area contributed by atoms with Crippen LogP contribution in [0.15, 0.2) is 18.5 Å². The molecule has 154 valence electrons. The first-order chi connectivity index (χ1) is 13.8. The highest BCUT2D eigenvalue weighted by atomic mass is 16.1. The molecule has 6 nitrogen and oxygen atoms in total. The van der Waals surface area contributed by atoms with Gasteiger partial charge in [0, 0.05) is 56.6 Å². The monoisotopic (exact) mass is 385 g/mol. The SMILES string of the molecule is O=C(NC[C@H]1[C@H]2C[C@H](CN(CCn3cccn3)C2)[C@@H]2CCCCN21)C1CCC1. The number of carbonyl (C=O) groups is 1. The maximum absolute atomic E-state index is 12.4. The highest BCUT2D eigenvalue weighted by molar-refractivity contribution is 5.79. The number of fused-ring (bicyclic) bond motifs is 4. The number of piperidine rings is 3. The molecule has 0 unspecified atom stereocenters. The fourth-order valence-corrected chi connectivity index (χ4v) is 6.16. The van der Waals surface area contributed by atoms with Gasteiger partial charge in [-0.1, -0.05) is 12.8 Å². The van der Waals surface area contributed by atoms with E-state index in [-0.39, 0.29) is 0 Å². The number of rotatable bonds is 6. The summed E-state index contributed by atoms with van der Waals surface area (Å²) in [4.78, 5) is 17.9. The summed E-state index contributed by atoms with van der Waals surface area (Å²) >= 11 is 0. The molecule has 0 radical (unpaired) electrons.